The van der Waals surface area contributed by atoms with Gasteiger partial charge < -0.3 is 14.6 Å². The van der Waals surface area contributed by atoms with Crippen molar-refractivity contribution in [3.05, 3.63) is 94.6 Å². The van der Waals surface area contributed by atoms with Crippen LogP contribution in [-0.2, 0) is 15.0 Å². The Hall–Kier alpha value is -4.06. The van der Waals surface area contributed by atoms with Crippen LogP contribution in [0, 0.1) is 12.8 Å². The third-order valence-corrected chi connectivity index (χ3v) is 6.76. The van der Waals surface area contributed by atoms with Crippen molar-refractivity contribution in [2.75, 3.05) is 18.6 Å². The zero-order chi connectivity index (χ0) is 28.5. The molecule has 1 aliphatic heterocycles. The number of aryl methyl sites for hydroxylation is 1. The lowest BCUT2D eigenvalue weighted by Gasteiger charge is -2.26. The summed E-state index contributed by atoms with van der Waals surface area (Å²) >= 11 is 0. The van der Waals surface area contributed by atoms with Gasteiger partial charge in [0.25, 0.3) is 11.7 Å². The minimum absolute atomic E-state index is 0.0348. The van der Waals surface area contributed by atoms with Crippen LogP contribution in [0.1, 0.15) is 62.9 Å². The fourth-order valence-electron chi connectivity index (χ4n) is 4.83. The molecule has 0 bridgehead atoms. The summed E-state index contributed by atoms with van der Waals surface area (Å²) in [5.74, 6) is 0.000909. The summed E-state index contributed by atoms with van der Waals surface area (Å²) in [6.07, 6.45) is 0. The van der Waals surface area contributed by atoms with E-state index in [2.05, 4.69) is 13.8 Å². The number of nitrogens with zero attached hydrogens (tertiary/aromatic N) is 1. The van der Waals surface area contributed by atoms with E-state index >= 15 is 0 Å². The van der Waals surface area contributed by atoms with Gasteiger partial charge in [0.05, 0.1) is 25.3 Å². The van der Waals surface area contributed by atoms with Crippen LogP contribution in [0.2, 0.25) is 0 Å². The Bertz CT molecular complexity index is 1430. The predicted octanol–water partition coefficient (Wildman–Crippen LogP) is 6.96. The first-order chi connectivity index (χ1) is 18.4. The van der Waals surface area contributed by atoms with Gasteiger partial charge in [0.15, 0.2) is 0 Å². The van der Waals surface area contributed by atoms with Crippen molar-refractivity contribution in [2.24, 2.45) is 5.92 Å². The van der Waals surface area contributed by atoms with E-state index in [-0.39, 0.29) is 16.7 Å². The van der Waals surface area contributed by atoms with E-state index < -0.39 is 17.7 Å². The lowest BCUT2D eigenvalue weighted by molar-refractivity contribution is -0.132. The second-order valence-electron chi connectivity index (χ2n) is 11.5. The maximum atomic E-state index is 13.6. The summed E-state index contributed by atoms with van der Waals surface area (Å²) in [5, 5.41) is 11.7. The quantitative estimate of drug-likeness (QED) is 0.204. The molecule has 0 spiro atoms. The van der Waals surface area contributed by atoms with E-state index in [4.69, 9.17) is 9.47 Å². The van der Waals surface area contributed by atoms with Crippen LogP contribution in [0.25, 0.3) is 5.76 Å². The zero-order valence-corrected chi connectivity index (χ0v) is 23.7. The van der Waals surface area contributed by atoms with E-state index in [1.54, 1.807) is 25.3 Å². The van der Waals surface area contributed by atoms with Crippen LogP contribution in [0.5, 0.6) is 11.5 Å². The maximum absolute atomic E-state index is 13.6. The first kappa shape index (κ1) is 28.0. The fraction of sp³-hybridized carbons (Fsp3) is 0.333. The molecule has 1 N–H and O–H groups in total. The van der Waals surface area contributed by atoms with Gasteiger partial charge in [0.1, 0.15) is 17.3 Å². The van der Waals surface area contributed by atoms with Gasteiger partial charge in [-0.05, 0) is 71.8 Å². The summed E-state index contributed by atoms with van der Waals surface area (Å²) in [6, 6.07) is 19.3. The molecule has 3 aromatic rings. The van der Waals surface area contributed by atoms with Crippen molar-refractivity contribution < 1.29 is 24.2 Å². The van der Waals surface area contributed by atoms with Gasteiger partial charge in [0.2, 0.25) is 0 Å². The Morgan fingerprint density at radius 3 is 2.36 bits per heavy atom. The molecule has 0 aromatic heterocycles. The molecule has 4 rings (SSSR count). The Morgan fingerprint density at radius 1 is 1.00 bits per heavy atom. The van der Waals surface area contributed by atoms with Crippen molar-refractivity contribution in [3.8, 4) is 11.5 Å². The third kappa shape index (κ3) is 5.70. The topological polar surface area (TPSA) is 76.1 Å². The number of anilines is 1. The van der Waals surface area contributed by atoms with Gasteiger partial charge in [-0.25, -0.2) is 0 Å². The Balaban J connectivity index is 1.94. The SMILES string of the molecule is COc1ccc(/C(O)=C2\C(=O)C(=O)N(c3cccc(C)c3)C2c2cccc(OCC(C)C)c2)cc1C(C)(C)C. The van der Waals surface area contributed by atoms with E-state index in [0.29, 0.717) is 40.8 Å². The molecule has 3 aromatic carbocycles. The number of carbonyl (C=O) groups is 2. The third-order valence-electron chi connectivity index (χ3n) is 6.76. The van der Waals surface area contributed by atoms with Crippen LogP contribution in [0.15, 0.2) is 72.3 Å². The number of hydrogen-bond acceptors (Lipinski definition) is 5. The Labute approximate surface area is 230 Å². The minimum atomic E-state index is -0.838. The molecule has 1 aliphatic rings. The summed E-state index contributed by atoms with van der Waals surface area (Å²) in [4.78, 5) is 28.6. The van der Waals surface area contributed by atoms with Gasteiger partial charge >= 0.3 is 0 Å². The second-order valence-corrected chi connectivity index (χ2v) is 11.5. The van der Waals surface area contributed by atoms with Crippen LogP contribution in [0.4, 0.5) is 5.69 Å². The molecule has 1 amide bonds. The summed E-state index contributed by atoms with van der Waals surface area (Å²) in [6.45, 7) is 12.7. The van der Waals surface area contributed by atoms with Gasteiger partial charge in [-0.1, -0.05) is 58.9 Å². The molecule has 1 unspecified atom stereocenters. The molecule has 0 saturated carbocycles. The number of ketones is 1. The summed E-state index contributed by atoms with van der Waals surface area (Å²) in [7, 11) is 1.60. The zero-order valence-electron chi connectivity index (χ0n) is 23.7. The molecule has 1 fully saturated rings. The molecule has 1 heterocycles. The van der Waals surface area contributed by atoms with Crippen LogP contribution in [0.3, 0.4) is 0 Å². The highest BCUT2D eigenvalue weighted by Gasteiger charge is 2.47. The highest BCUT2D eigenvalue weighted by Crippen LogP contribution is 2.44. The Kier molecular flexibility index (Phi) is 7.86. The van der Waals surface area contributed by atoms with Gasteiger partial charge in [-0.15, -0.1) is 0 Å². The molecule has 204 valence electrons. The van der Waals surface area contributed by atoms with Crippen molar-refractivity contribution in [2.45, 2.75) is 53.0 Å². The first-order valence-electron chi connectivity index (χ1n) is 13.2. The second kappa shape index (κ2) is 11.0. The molecule has 0 aliphatic carbocycles. The molecule has 6 nitrogen and oxygen atoms in total. The number of benzene rings is 3. The number of aliphatic hydroxyl groups excluding tert-OH is 1. The smallest absolute Gasteiger partial charge is 0.300 e. The number of aliphatic hydroxyl groups is 1. The highest BCUT2D eigenvalue weighted by atomic mass is 16.5. The Morgan fingerprint density at radius 2 is 1.72 bits per heavy atom. The largest absolute Gasteiger partial charge is 0.507 e. The maximum Gasteiger partial charge on any atom is 0.300 e. The van der Waals surface area contributed by atoms with Crippen LogP contribution >= 0.6 is 0 Å². The average Bonchev–Trinajstić information content (AvgIpc) is 3.16. The highest BCUT2D eigenvalue weighted by molar-refractivity contribution is 6.51. The van der Waals surface area contributed by atoms with Crippen molar-refractivity contribution in [3.63, 3.8) is 0 Å². The molecular formula is C33H37NO5. The van der Waals surface area contributed by atoms with Crippen molar-refractivity contribution in [1.29, 1.82) is 0 Å². The molecule has 6 heteroatoms. The number of hydrogen-bond donors (Lipinski definition) is 1. The number of ether oxygens (including phenoxy) is 2. The molecule has 1 atom stereocenters. The van der Waals surface area contributed by atoms with E-state index in [1.807, 2.05) is 76.2 Å². The molecule has 39 heavy (non-hydrogen) atoms. The van der Waals surface area contributed by atoms with E-state index in [9.17, 15) is 14.7 Å². The van der Waals surface area contributed by atoms with E-state index in [1.165, 1.54) is 4.90 Å². The van der Waals surface area contributed by atoms with Crippen LogP contribution < -0.4 is 14.4 Å². The summed E-state index contributed by atoms with van der Waals surface area (Å²) in [5.41, 5.74) is 3.28. The number of Topliss-reactive ketones (excluding diaryl/α,β-unsaturated/α-hetero) is 1. The first-order valence-corrected chi connectivity index (χ1v) is 13.2. The lowest BCUT2D eigenvalue weighted by Crippen LogP contribution is -2.29. The number of methoxy groups -OCH3 is 1. The number of amides is 1. The standard InChI is InChI=1S/C33H37NO5/c1-20(2)19-39-25-13-9-11-22(17-25)29-28(31(36)32(37)34(29)24-12-8-10-21(3)16-24)30(35)23-14-15-27(38-7)26(18-23)33(4,5)6/h8-18,20,29,35H,19H2,1-7H3/b30-28+. The van der Waals surface area contributed by atoms with Crippen molar-refractivity contribution >= 4 is 23.1 Å². The average molecular weight is 528 g/mol. The number of rotatable bonds is 7. The van der Waals surface area contributed by atoms with Crippen molar-refractivity contribution in [1.82, 2.24) is 0 Å². The lowest BCUT2D eigenvalue weighted by atomic mass is 9.84. The molecular weight excluding hydrogens is 490 g/mol. The van der Waals surface area contributed by atoms with Crippen LogP contribution in [-0.4, -0.2) is 30.5 Å². The molecule has 0 radical (unpaired) electrons. The minimum Gasteiger partial charge on any atom is -0.507 e. The summed E-state index contributed by atoms with van der Waals surface area (Å²) < 4.78 is 11.5. The fourth-order valence-corrected chi connectivity index (χ4v) is 4.83. The predicted molar refractivity (Wildman–Crippen MR) is 154 cm³/mol. The van der Waals surface area contributed by atoms with Gasteiger partial charge in [-0.2, -0.15) is 0 Å². The van der Waals surface area contributed by atoms with Gasteiger partial charge in [0, 0.05) is 16.8 Å². The van der Waals surface area contributed by atoms with Gasteiger partial charge in [-0.3, -0.25) is 14.5 Å². The molecule has 1 saturated heterocycles. The number of carbonyl (C=O) groups excluding carboxylic acids is 2. The normalized spacial score (nSPS) is 17.1. The monoisotopic (exact) mass is 527 g/mol. The van der Waals surface area contributed by atoms with E-state index in [0.717, 1.165) is 11.1 Å².